The minimum absolute atomic E-state index is 0.00861. The Morgan fingerprint density at radius 1 is 1.24 bits per heavy atom. The highest BCUT2D eigenvalue weighted by molar-refractivity contribution is 6.31. The molecule has 0 spiro atoms. The Morgan fingerprint density at radius 2 is 2.03 bits per heavy atom. The van der Waals surface area contributed by atoms with E-state index >= 15 is 0 Å². The molecule has 176 valence electrons. The number of nitrogens with one attached hydrogen (secondary N) is 1. The minimum Gasteiger partial charge on any atom is -0.424 e. The maximum Gasteiger partial charge on any atom is 0.295 e. The molecule has 2 aromatic heterocycles. The molecule has 0 radical (unpaired) electrons. The van der Waals surface area contributed by atoms with Crippen LogP contribution in [0.4, 0.5) is 14.8 Å². The quantitative estimate of drug-likeness (QED) is 0.440. The van der Waals surface area contributed by atoms with Crippen molar-refractivity contribution in [3.8, 4) is 5.69 Å². The van der Waals surface area contributed by atoms with Crippen LogP contribution in [0.3, 0.4) is 0 Å². The number of benzene rings is 2. The Bertz CT molecular complexity index is 1340. The molecular weight excluding hydrogens is 466 g/mol. The van der Waals surface area contributed by atoms with Gasteiger partial charge >= 0.3 is 0 Å². The van der Waals surface area contributed by atoms with Crippen molar-refractivity contribution in [2.24, 2.45) is 5.92 Å². The van der Waals surface area contributed by atoms with Crippen LogP contribution in [-0.4, -0.2) is 49.9 Å². The molecule has 8 nitrogen and oxygen atoms in total. The van der Waals surface area contributed by atoms with Gasteiger partial charge < -0.3 is 14.6 Å². The van der Waals surface area contributed by atoms with Crippen molar-refractivity contribution in [2.75, 3.05) is 18.4 Å². The smallest absolute Gasteiger partial charge is 0.295 e. The number of anilines is 1. The molecule has 1 saturated heterocycles. The third-order valence-corrected chi connectivity index (χ3v) is 6.34. The summed E-state index contributed by atoms with van der Waals surface area (Å²) in [4.78, 5) is 20.6. The molecule has 34 heavy (non-hydrogen) atoms. The van der Waals surface area contributed by atoms with Crippen molar-refractivity contribution in [2.45, 2.75) is 25.8 Å². The van der Waals surface area contributed by atoms with Gasteiger partial charge in [-0.25, -0.2) is 8.78 Å². The maximum absolute atomic E-state index is 14.7. The average molecular weight is 487 g/mol. The van der Waals surface area contributed by atoms with E-state index in [0.717, 1.165) is 23.7 Å². The summed E-state index contributed by atoms with van der Waals surface area (Å²) in [5, 5.41) is 11.5. The lowest BCUT2D eigenvalue weighted by atomic mass is 9.90. The van der Waals surface area contributed by atoms with Crippen LogP contribution < -0.4 is 5.32 Å². The van der Waals surface area contributed by atoms with Crippen molar-refractivity contribution in [1.82, 2.24) is 24.9 Å². The van der Waals surface area contributed by atoms with Gasteiger partial charge in [0.2, 0.25) is 0 Å². The second kappa shape index (κ2) is 9.02. The first kappa shape index (κ1) is 22.3. The van der Waals surface area contributed by atoms with Crippen molar-refractivity contribution >= 4 is 34.6 Å². The molecule has 0 bridgehead atoms. The van der Waals surface area contributed by atoms with E-state index in [1.54, 1.807) is 23.1 Å². The van der Waals surface area contributed by atoms with Crippen LogP contribution in [0.2, 0.25) is 5.02 Å². The van der Waals surface area contributed by atoms with Crippen molar-refractivity contribution in [1.29, 1.82) is 0 Å². The van der Waals surface area contributed by atoms with Gasteiger partial charge in [-0.15, -0.1) is 4.80 Å². The Kier molecular flexibility index (Phi) is 5.91. The second-order valence-electron chi connectivity index (χ2n) is 8.27. The first-order valence-corrected chi connectivity index (χ1v) is 11.3. The van der Waals surface area contributed by atoms with E-state index in [2.05, 4.69) is 27.4 Å². The van der Waals surface area contributed by atoms with Gasteiger partial charge in [0.1, 0.15) is 11.2 Å². The van der Waals surface area contributed by atoms with Crippen LogP contribution in [0.25, 0.3) is 16.8 Å². The average Bonchev–Trinajstić information content (AvgIpc) is 3.49. The van der Waals surface area contributed by atoms with Crippen LogP contribution in [-0.2, 0) is 0 Å². The van der Waals surface area contributed by atoms with E-state index in [1.807, 2.05) is 0 Å². The number of hydrogen-bond donors (Lipinski definition) is 1. The van der Waals surface area contributed by atoms with Gasteiger partial charge in [0.15, 0.2) is 17.2 Å². The number of nitrogens with zero attached hydrogens (tertiary/aromatic N) is 5. The fraction of sp³-hybridized carbons (Fsp3) is 0.304. The molecule has 2 atom stereocenters. The van der Waals surface area contributed by atoms with E-state index in [1.165, 1.54) is 18.5 Å². The zero-order chi connectivity index (χ0) is 23.8. The number of carbonyl (C=O) groups excluding carboxylic acids is 1. The Morgan fingerprint density at radius 3 is 2.82 bits per heavy atom. The Labute approximate surface area is 198 Å². The van der Waals surface area contributed by atoms with Gasteiger partial charge in [-0.05, 0) is 43.0 Å². The Balaban J connectivity index is 1.43. The SMILES string of the molecule is CC1CCCN(C(=O)c2ccc(F)c(F)c2-n2nccn2)C1CNc1nc2ccc(Cl)cc2o1. The summed E-state index contributed by atoms with van der Waals surface area (Å²) in [6.45, 7) is 2.90. The summed E-state index contributed by atoms with van der Waals surface area (Å²) in [7, 11) is 0. The normalized spacial score (nSPS) is 18.4. The molecule has 0 aliphatic carbocycles. The summed E-state index contributed by atoms with van der Waals surface area (Å²) in [5.74, 6) is -2.52. The fourth-order valence-corrected chi connectivity index (χ4v) is 4.53. The lowest BCUT2D eigenvalue weighted by molar-refractivity contribution is 0.0538. The standard InChI is InChI=1S/C23H21ClF2N6O2/c1-13-3-2-10-31(18(13)12-27-23-30-17-7-4-14(24)11-19(17)34-23)22(33)15-5-6-16(25)20(26)21(15)32-28-8-9-29-32/h4-9,11,13,18H,2-3,10,12H2,1H3,(H,27,30). The lowest BCUT2D eigenvalue weighted by Crippen LogP contribution is -2.51. The molecule has 1 aliphatic heterocycles. The molecule has 1 amide bonds. The molecule has 11 heteroatoms. The highest BCUT2D eigenvalue weighted by atomic mass is 35.5. The first-order chi connectivity index (χ1) is 16.4. The van der Waals surface area contributed by atoms with E-state index in [4.69, 9.17) is 16.0 Å². The van der Waals surface area contributed by atoms with Crippen LogP contribution in [0.15, 0.2) is 47.1 Å². The lowest BCUT2D eigenvalue weighted by Gasteiger charge is -2.40. The third kappa shape index (κ3) is 4.09. The largest absolute Gasteiger partial charge is 0.424 e. The number of rotatable bonds is 5. The van der Waals surface area contributed by atoms with Gasteiger partial charge in [0, 0.05) is 24.2 Å². The summed E-state index contributed by atoms with van der Waals surface area (Å²) >= 11 is 6.02. The summed E-state index contributed by atoms with van der Waals surface area (Å²) < 4.78 is 34.5. The summed E-state index contributed by atoms with van der Waals surface area (Å²) in [5.41, 5.74) is 0.897. The number of amides is 1. The number of likely N-dealkylation sites (tertiary alicyclic amines) is 1. The van der Waals surface area contributed by atoms with Crippen LogP contribution in [0.5, 0.6) is 0 Å². The number of halogens is 3. The molecule has 0 saturated carbocycles. The van der Waals surface area contributed by atoms with E-state index in [-0.39, 0.29) is 23.2 Å². The number of carbonyl (C=O) groups is 1. The molecule has 1 aliphatic rings. The first-order valence-electron chi connectivity index (χ1n) is 10.9. The summed E-state index contributed by atoms with van der Waals surface area (Å²) in [6, 6.07) is 7.48. The van der Waals surface area contributed by atoms with E-state index in [9.17, 15) is 13.6 Å². The van der Waals surface area contributed by atoms with Crippen LogP contribution >= 0.6 is 11.6 Å². The molecule has 5 rings (SSSR count). The monoisotopic (exact) mass is 486 g/mol. The molecule has 4 aromatic rings. The Hall–Kier alpha value is -3.53. The molecule has 2 aromatic carbocycles. The number of oxazole rings is 1. The van der Waals surface area contributed by atoms with Crippen molar-refractivity contribution in [3.63, 3.8) is 0 Å². The fourth-order valence-electron chi connectivity index (χ4n) is 4.37. The van der Waals surface area contributed by atoms with Gasteiger partial charge in [-0.2, -0.15) is 15.2 Å². The second-order valence-corrected chi connectivity index (χ2v) is 8.71. The zero-order valence-corrected chi connectivity index (χ0v) is 19.0. The van der Waals surface area contributed by atoms with Crippen LogP contribution in [0.1, 0.15) is 30.1 Å². The van der Waals surface area contributed by atoms with Crippen molar-refractivity contribution in [3.05, 3.63) is 64.9 Å². The number of hydrogen-bond acceptors (Lipinski definition) is 6. The van der Waals surface area contributed by atoms with E-state index < -0.39 is 17.5 Å². The van der Waals surface area contributed by atoms with E-state index in [0.29, 0.717) is 35.2 Å². The number of piperidine rings is 1. The topological polar surface area (TPSA) is 89.1 Å². The third-order valence-electron chi connectivity index (χ3n) is 6.11. The molecular formula is C23H21ClF2N6O2. The number of fused-ring (bicyclic) bond motifs is 1. The van der Waals surface area contributed by atoms with Gasteiger partial charge in [0.05, 0.1) is 24.0 Å². The minimum atomic E-state index is -1.17. The highest BCUT2D eigenvalue weighted by Crippen LogP contribution is 2.29. The number of aromatic nitrogens is 4. The van der Waals surface area contributed by atoms with Gasteiger partial charge in [-0.3, -0.25) is 4.79 Å². The van der Waals surface area contributed by atoms with Gasteiger partial charge in [-0.1, -0.05) is 18.5 Å². The van der Waals surface area contributed by atoms with Gasteiger partial charge in [0.25, 0.3) is 11.9 Å². The predicted octanol–water partition coefficient (Wildman–Crippen LogP) is 4.69. The van der Waals surface area contributed by atoms with Crippen LogP contribution in [0, 0.1) is 17.6 Å². The maximum atomic E-state index is 14.7. The molecule has 1 N–H and O–H groups in total. The molecule has 3 heterocycles. The highest BCUT2D eigenvalue weighted by Gasteiger charge is 2.35. The zero-order valence-electron chi connectivity index (χ0n) is 18.2. The molecule has 1 fully saturated rings. The molecule has 2 unspecified atom stereocenters. The summed E-state index contributed by atoms with van der Waals surface area (Å²) in [6.07, 6.45) is 4.39. The van der Waals surface area contributed by atoms with Crippen molar-refractivity contribution < 1.29 is 18.0 Å². The predicted molar refractivity (Wildman–Crippen MR) is 122 cm³/mol.